The molecule has 0 radical (unpaired) electrons. The van der Waals surface area contributed by atoms with Crippen LogP contribution in [0.1, 0.15) is 27.7 Å². The number of hydrogen-bond donors (Lipinski definition) is 0. The summed E-state index contributed by atoms with van der Waals surface area (Å²) in [6, 6.07) is 0. The zero-order valence-corrected chi connectivity index (χ0v) is 12.9. The largest absolute Gasteiger partial charge is 0.308 e. The molecule has 0 spiro atoms. The van der Waals surface area contributed by atoms with E-state index in [1.54, 1.807) is 0 Å². The maximum atomic E-state index is 12.2. The molecule has 1 fully saturated rings. The lowest BCUT2D eigenvalue weighted by Gasteiger charge is -2.40. The van der Waals surface area contributed by atoms with E-state index < -0.39 is 0 Å². The molecule has 1 heterocycles. The van der Waals surface area contributed by atoms with Gasteiger partial charge in [-0.1, -0.05) is 12.7 Å². The Morgan fingerprint density at radius 3 is 2.39 bits per heavy atom. The van der Waals surface area contributed by atoms with E-state index in [9.17, 15) is 4.79 Å². The van der Waals surface area contributed by atoms with Crippen LogP contribution in [0.3, 0.4) is 0 Å². The quantitative estimate of drug-likeness (QED) is 0.578. The summed E-state index contributed by atoms with van der Waals surface area (Å²) in [7, 11) is 2.03. The van der Waals surface area contributed by atoms with Gasteiger partial charge in [0.15, 0.2) is 0 Å². The number of thioether (sulfide) groups is 1. The molecule has 4 heteroatoms. The van der Waals surface area contributed by atoms with Crippen LogP contribution in [0.2, 0.25) is 0 Å². The van der Waals surface area contributed by atoms with Crippen LogP contribution in [0.25, 0.3) is 0 Å². The first-order valence-electron chi connectivity index (χ1n) is 6.14. The molecule has 0 saturated carbocycles. The predicted octanol–water partition coefficient (Wildman–Crippen LogP) is 2.71. The van der Waals surface area contributed by atoms with Crippen molar-refractivity contribution in [1.29, 1.82) is 0 Å². The molecule has 0 N–H and O–H groups in total. The van der Waals surface area contributed by atoms with Crippen LogP contribution in [0.5, 0.6) is 0 Å². The first-order chi connectivity index (χ1) is 8.17. The minimum atomic E-state index is -0.227. The second-order valence-electron chi connectivity index (χ2n) is 5.67. The standard InChI is InChI=1S/C14H24N2OS/c1-8-10-15(7)12-13(3,4)18-14(5,6)16(12)11(17)9-2/h8-9,12H,1-2,10H2,3-7H3. The Kier molecular flexibility index (Phi) is 4.34. The molecular formula is C14H24N2OS. The third-order valence-electron chi connectivity index (χ3n) is 3.21. The maximum Gasteiger partial charge on any atom is 0.248 e. The molecule has 1 unspecified atom stereocenters. The van der Waals surface area contributed by atoms with Gasteiger partial charge in [-0.3, -0.25) is 9.69 Å². The number of hydrogen-bond acceptors (Lipinski definition) is 3. The highest BCUT2D eigenvalue weighted by Gasteiger charge is 2.54. The lowest BCUT2D eigenvalue weighted by atomic mass is 10.1. The lowest BCUT2D eigenvalue weighted by Crippen LogP contribution is -2.56. The van der Waals surface area contributed by atoms with Gasteiger partial charge in [-0.25, -0.2) is 0 Å². The molecule has 0 bridgehead atoms. The average molecular weight is 268 g/mol. The van der Waals surface area contributed by atoms with Crippen molar-refractivity contribution in [3.8, 4) is 0 Å². The predicted molar refractivity (Wildman–Crippen MR) is 79.4 cm³/mol. The Labute approximate surface area is 115 Å². The van der Waals surface area contributed by atoms with E-state index in [1.807, 2.05) is 29.8 Å². The van der Waals surface area contributed by atoms with Crippen LogP contribution in [-0.2, 0) is 4.79 Å². The van der Waals surface area contributed by atoms with Crippen LogP contribution in [-0.4, -0.2) is 45.1 Å². The van der Waals surface area contributed by atoms with Crippen LogP contribution in [0, 0.1) is 0 Å². The summed E-state index contributed by atoms with van der Waals surface area (Å²) in [4.78, 5) is 16.0. The third kappa shape index (κ3) is 2.64. The molecule has 3 nitrogen and oxygen atoms in total. The zero-order valence-electron chi connectivity index (χ0n) is 12.1. The topological polar surface area (TPSA) is 23.6 Å². The van der Waals surface area contributed by atoms with Crippen molar-refractivity contribution in [3.63, 3.8) is 0 Å². The Balaban J connectivity index is 3.18. The molecule has 1 amide bonds. The van der Waals surface area contributed by atoms with Gasteiger partial charge in [0, 0.05) is 11.3 Å². The Morgan fingerprint density at radius 1 is 1.39 bits per heavy atom. The molecule has 1 saturated heterocycles. The second-order valence-corrected chi connectivity index (χ2v) is 7.92. The second kappa shape index (κ2) is 5.10. The van der Waals surface area contributed by atoms with Gasteiger partial charge in [-0.2, -0.15) is 0 Å². The van der Waals surface area contributed by atoms with Crippen molar-refractivity contribution in [3.05, 3.63) is 25.3 Å². The molecule has 1 rings (SSSR count). The van der Waals surface area contributed by atoms with E-state index in [4.69, 9.17) is 0 Å². The van der Waals surface area contributed by atoms with Crippen LogP contribution in [0.4, 0.5) is 0 Å². The van der Waals surface area contributed by atoms with Gasteiger partial charge in [0.25, 0.3) is 0 Å². The van der Waals surface area contributed by atoms with Crippen molar-refractivity contribution in [2.24, 2.45) is 0 Å². The molecular weight excluding hydrogens is 244 g/mol. The summed E-state index contributed by atoms with van der Waals surface area (Å²) in [6.45, 7) is 16.7. The van der Waals surface area contributed by atoms with Gasteiger partial charge in [0.2, 0.25) is 5.91 Å². The smallest absolute Gasteiger partial charge is 0.248 e. The Morgan fingerprint density at radius 2 is 1.94 bits per heavy atom. The molecule has 0 aromatic heterocycles. The highest BCUT2D eigenvalue weighted by molar-refractivity contribution is 8.02. The van der Waals surface area contributed by atoms with Crippen LogP contribution >= 0.6 is 11.8 Å². The van der Waals surface area contributed by atoms with Crippen molar-refractivity contribution in [2.45, 2.75) is 43.5 Å². The number of rotatable bonds is 4. The summed E-state index contributed by atoms with van der Waals surface area (Å²) < 4.78 is -0.0278. The fourth-order valence-electron chi connectivity index (χ4n) is 2.87. The fraction of sp³-hybridized carbons (Fsp3) is 0.643. The number of nitrogens with zero attached hydrogens (tertiary/aromatic N) is 2. The molecule has 1 aliphatic heterocycles. The van der Waals surface area contributed by atoms with Gasteiger partial charge in [0.1, 0.15) is 6.17 Å². The number of likely N-dealkylation sites (N-methyl/N-ethyl adjacent to an activating group) is 1. The molecule has 18 heavy (non-hydrogen) atoms. The molecule has 0 aromatic rings. The van der Waals surface area contributed by atoms with E-state index in [1.165, 1.54) is 6.08 Å². The SMILES string of the molecule is C=CCN(C)C1N(C(=O)C=C)C(C)(C)SC1(C)C. The maximum absolute atomic E-state index is 12.2. The Hall–Kier alpha value is -0.740. The van der Waals surface area contributed by atoms with Crippen molar-refractivity contribution >= 4 is 17.7 Å². The summed E-state index contributed by atoms with van der Waals surface area (Å²) in [5.74, 6) is -0.0148. The molecule has 1 atom stereocenters. The van der Waals surface area contributed by atoms with E-state index >= 15 is 0 Å². The van der Waals surface area contributed by atoms with E-state index in [-0.39, 0.29) is 21.7 Å². The number of carbonyl (C=O) groups excluding carboxylic acids is 1. The monoisotopic (exact) mass is 268 g/mol. The number of amides is 1. The first-order valence-corrected chi connectivity index (χ1v) is 6.96. The first kappa shape index (κ1) is 15.3. The van der Waals surface area contributed by atoms with Gasteiger partial charge < -0.3 is 4.90 Å². The van der Waals surface area contributed by atoms with E-state index in [2.05, 4.69) is 45.8 Å². The Bertz CT molecular complexity index is 363. The molecule has 1 aliphatic rings. The van der Waals surface area contributed by atoms with E-state index in [0.717, 1.165) is 6.54 Å². The average Bonchev–Trinajstić information content (AvgIpc) is 2.42. The number of carbonyl (C=O) groups is 1. The molecule has 0 aliphatic carbocycles. The molecule has 102 valence electrons. The fourth-order valence-corrected chi connectivity index (χ4v) is 4.83. The van der Waals surface area contributed by atoms with Crippen molar-refractivity contribution in [1.82, 2.24) is 9.80 Å². The summed E-state index contributed by atoms with van der Waals surface area (Å²) in [5, 5.41) is 0. The van der Waals surface area contributed by atoms with Crippen LogP contribution < -0.4 is 0 Å². The minimum Gasteiger partial charge on any atom is -0.308 e. The van der Waals surface area contributed by atoms with Gasteiger partial charge in [-0.15, -0.1) is 18.3 Å². The van der Waals surface area contributed by atoms with E-state index in [0.29, 0.717) is 0 Å². The van der Waals surface area contributed by atoms with Crippen molar-refractivity contribution in [2.75, 3.05) is 13.6 Å². The minimum absolute atomic E-state index is 0.0148. The zero-order chi connectivity index (χ0) is 14.1. The summed E-state index contributed by atoms with van der Waals surface area (Å²) in [5.41, 5.74) is 0. The van der Waals surface area contributed by atoms with Gasteiger partial charge in [0.05, 0.1) is 4.87 Å². The van der Waals surface area contributed by atoms with Crippen molar-refractivity contribution < 1.29 is 4.79 Å². The van der Waals surface area contributed by atoms with Gasteiger partial charge >= 0.3 is 0 Å². The lowest BCUT2D eigenvalue weighted by molar-refractivity contribution is -0.135. The summed E-state index contributed by atoms with van der Waals surface area (Å²) in [6.07, 6.45) is 3.31. The normalized spacial score (nSPS) is 25.2. The highest BCUT2D eigenvalue weighted by atomic mass is 32.2. The van der Waals surface area contributed by atoms with Gasteiger partial charge in [-0.05, 0) is 40.8 Å². The summed E-state index contributed by atoms with van der Waals surface area (Å²) >= 11 is 1.82. The molecule has 0 aromatic carbocycles. The third-order valence-corrected chi connectivity index (χ3v) is 4.64. The highest BCUT2D eigenvalue weighted by Crippen LogP contribution is 2.51. The van der Waals surface area contributed by atoms with Crippen LogP contribution in [0.15, 0.2) is 25.3 Å².